The van der Waals surface area contributed by atoms with Crippen molar-refractivity contribution in [1.29, 1.82) is 0 Å². The van der Waals surface area contributed by atoms with Crippen LogP contribution < -0.4 is 15.8 Å². The van der Waals surface area contributed by atoms with Gasteiger partial charge in [-0.1, -0.05) is 18.2 Å². The average molecular weight is 231 g/mol. The van der Waals surface area contributed by atoms with Crippen LogP contribution in [0.1, 0.15) is 0 Å². The van der Waals surface area contributed by atoms with Crippen molar-refractivity contribution in [2.45, 2.75) is 0 Å². The van der Waals surface area contributed by atoms with Crippen LogP contribution in [0.4, 0.5) is 4.79 Å². The Morgan fingerprint density at radius 2 is 2.18 bits per heavy atom. The van der Waals surface area contributed by atoms with Crippen molar-refractivity contribution in [2.24, 2.45) is 5.73 Å². The highest BCUT2D eigenvalue weighted by Crippen LogP contribution is 2.22. The Labute approximate surface area is 98.6 Å². The first-order chi connectivity index (χ1) is 8.31. The third-order valence-corrected chi connectivity index (χ3v) is 2.21. The maximum absolute atomic E-state index is 11.4. The van der Waals surface area contributed by atoms with Gasteiger partial charge >= 0.3 is 6.09 Å². The molecule has 5 nitrogen and oxygen atoms in total. The second kappa shape index (κ2) is 5.27. The summed E-state index contributed by atoms with van der Waals surface area (Å²) in [6.07, 6.45) is 1.14. The van der Waals surface area contributed by atoms with Crippen molar-refractivity contribution in [3.05, 3.63) is 36.5 Å². The highest BCUT2D eigenvalue weighted by atomic mass is 16.6. The van der Waals surface area contributed by atoms with E-state index in [2.05, 4.69) is 10.3 Å². The van der Waals surface area contributed by atoms with Gasteiger partial charge in [-0.05, 0) is 12.1 Å². The molecule has 17 heavy (non-hydrogen) atoms. The molecule has 1 aromatic carbocycles. The maximum Gasteiger partial charge on any atom is 0.412 e. The number of nitrogens with one attached hydrogen (secondary N) is 1. The van der Waals surface area contributed by atoms with E-state index in [-0.39, 0.29) is 0 Å². The minimum absolute atomic E-state index is 0.378. The Hall–Kier alpha value is -2.14. The van der Waals surface area contributed by atoms with E-state index in [1.807, 2.05) is 24.3 Å². The zero-order valence-electron chi connectivity index (χ0n) is 9.22. The number of nitrogens with two attached hydrogens (primary N) is 1. The molecule has 0 fully saturated rings. The van der Waals surface area contributed by atoms with Crippen molar-refractivity contribution in [3.8, 4) is 5.75 Å². The lowest BCUT2D eigenvalue weighted by Crippen LogP contribution is -2.31. The van der Waals surface area contributed by atoms with Crippen molar-refractivity contribution in [3.63, 3.8) is 0 Å². The minimum Gasteiger partial charge on any atom is -0.408 e. The number of hydrogen-bond acceptors (Lipinski definition) is 4. The molecule has 0 aliphatic rings. The molecule has 0 saturated heterocycles. The van der Waals surface area contributed by atoms with Crippen LogP contribution >= 0.6 is 0 Å². The van der Waals surface area contributed by atoms with Gasteiger partial charge in [0.05, 0.1) is 0 Å². The molecule has 0 spiro atoms. The fourth-order valence-corrected chi connectivity index (χ4v) is 1.47. The predicted octanol–water partition coefficient (Wildman–Crippen LogP) is 1.28. The molecule has 1 amide bonds. The Morgan fingerprint density at radius 1 is 1.35 bits per heavy atom. The number of pyridine rings is 1. The number of aromatic nitrogens is 1. The first-order valence-electron chi connectivity index (χ1n) is 5.31. The number of carbonyl (C=O) groups excluding carboxylic acids is 1. The van der Waals surface area contributed by atoms with Crippen molar-refractivity contribution in [2.75, 3.05) is 13.1 Å². The van der Waals surface area contributed by atoms with E-state index in [9.17, 15) is 4.79 Å². The van der Waals surface area contributed by atoms with Crippen molar-refractivity contribution < 1.29 is 9.53 Å². The summed E-state index contributed by atoms with van der Waals surface area (Å²) in [5.74, 6) is 0.442. The highest BCUT2D eigenvalue weighted by molar-refractivity contribution is 5.86. The molecule has 2 rings (SSSR count). The van der Waals surface area contributed by atoms with E-state index >= 15 is 0 Å². The quantitative estimate of drug-likeness (QED) is 0.834. The van der Waals surface area contributed by atoms with Gasteiger partial charge in [-0.15, -0.1) is 0 Å². The summed E-state index contributed by atoms with van der Waals surface area (Å²) in [5, 5.41) is 3.46. The molecular weight excluding hydrogens is 218 g/mol. The molecule has 1 aromatic heterocycles. The van der Waals surface area contributed by atoms with Gasteiger partial charge in [0.1, 0.15) is 5.52 Å². The van der Waals surface area contributed by atoms with Crippen LogP contribution in [0.25, 0.3) is 10.9 Å². The van der Waals surface area contributed by atoms with Crippen LogP contribution in [0.2, 0.25) is 0 Å². The summed E-state index contributed by atoms with van der Waals surface area (Å²) in [5.41, 5.74) is 5.94. The SMILES string of the molecule is NCCNC(=O)Oc1cccc2cccnc12. The van der Waals surface area contributed by atoms with Gasteiger partial charge in [0, 0.05) is 24.7 Å². The number of carbonyl (C=O) groups is 1. The zero-order chi connectivity index (χ0) is 12.1. The lowest BCUT2D eigenvalue weighted by Gasteiger charge is -2.07. The fraction of sp³-hybridized carbons (Fsp3) is 0.167. The largest absolute Gasteiger partial charge is 0.412 e. The molecule has 0 radical (unpaired) electrons. The Kier molecular flexibility index (Phi) is 3.52. The first kappa shape index (κ1) is 11.3. The summed E-state index contributed by atoms with van der Waals surface area (Å²) >= 11 is 0. The van der Waals surface area contributed by atoms with Gasteiger partial charge in [-0.2, -0.15) is 0 Å². The van der Waals surface area contributed by atoms with Gasteiger partial charge in [0.15, 0.2) is 5.75 Å². The van der Waals surface area contributed by atoms with E-state index in [4.69, 9.17) is 10.5 Å². The minimum atomic E-state index is -0.520. The lowest BCUT2D eigenvalue weighted by molar-refractivity contribution is 0.201. The van der Waals surface area contributed by atoms with E-state index in [0.29, 0.717) is 24.4 Å². The number of amides is 1. The van der Waals surface area contributed by atoms with E-state index < -0.39 is 6.09 Å². The zero-order valence-corrected chi connectivity index (χ0v) is 9.22. The van der Waals surface area contributed by atoms with Gasteiger partial charge < -0.3 is 15.8 Å². The molecule has 0 saturated carbocycles. The van der Waals surface area contributed by atoms with E-state index in [1.165, 1.54) is 0 Å². The van der Waals surface area contributed by atoms with Crippen LogP contribution in [0.15, 0.2) is 36.5 Å². The summed E-state index contributed by atoms with van der Waals surface area (Å²) in [6, 6.07) is 9.17. The van der Waals surface area contributed by atoms with Crippen LogP contribution in [0, 0.1) is 0 Å². The van der Waals surface area contributed by atoms with Gasteiger partial charge in [0.25, 0.3) is 0 Å². The van der Waals surface area contributed by atoms with E-state index in [0.717, 1.165) is 5.39 Å². The number of ether oxygens (including phenoxy) is 1. The molecule has 0 bridgehead atoms. The molecule has 0 unspecified atom stereocenters. The average Bonchev–Trinajstić information content (AvgIpc) is 2.37. The molecule has 0 atom stereocenters. The van der Waals surface area contributed by atoms with E-state index in [1.54, 1.807) is 12.3 Å². The van der Waals surface area contributed by atoms with Crippen molar-refractivity contribution >= 4 is 17.0 Å². The number of hydrogen-bond donors (Lipinski definition) is 2. The first-order valence-corrected chi connectivity index (χ1v) is 5.31. The number of benzene rings is 1. The maximum atomic E-state index is 11.4. The monoisotopic (exact) mass is 231 g/mol. The van der Waals surface area contributed by atoms with Gasteiger partial charge in [0.2, 0.25) is 0 Å². The third-order valence-electron chi connectivity index (χ3n) is 2.21. The van der Waals surface area contributed by atoms with Gasteiger partial charge in [-0.25, -0.2) is 4.79 Å². The summed E-state index contributed by atoms with van der Waals surface area (Å²) in [7, 11) is 0. The van der Waals surface area contributed by atoms with Crippen LogP contribution in [-0.4, -0.2) is 24.2 Å². The molecule has 2 aromatic rings. The fourth-order valence-electron chi connectivity index (χ4n) is 1.47. The topological polar surface area (TPSA) is 77.2 Å². The molecule has 0 aliphatic carbocycles. The number of rotatable bonds is 3. The Bertz CT molecular complexity index is 523. The summed E-state index contributed by atoms with van der Waals surface area (Å²) in [4.78, 5) is 15.6. The molecule has 5 heteroatoms. The molecule has 88 valence electrons. The second-order valence-corrected chi connectivity index (χ2v) is 3.44. The van der Waals surface area contributed by atoms with Crippen LogP contribution in [0.5, 0.6) is 5.75 Å². The van der Waals surface area contributed by atoms with Gasteiger partial charge in [-0.3, -0.25) is 4.98 Å². The van der Waals surface area contributed by atoms with Crippen molar-refractivity contribution in [1.82, 2.24) is 10.3 Å². The highest BCUT2D eigenvalue weighted by Gasteiger charge is 2.07. The van der Waals surface area contributed by atoms with Crippen LogP contribution in [-0.2, 0) is 0 Å². The summed E-state index contributed by atoms with van der Waals surface area (Å²) < 4.78 is 5.16. The Morgan fingerprint density at radius 3 is 3.00 bits per heavy atom. The summed E-state index contributed by atoms with van der Waals surface area (Å²) in [6.45, 7) is 0.764. The molecule has 0 aliphatic heterocycles. The standard InChI is InChI=1S/C12H13N3O2/c13-6-8-15-12(16)17-10-5-1-3-9-4-2-7-14-11(9)10/h1-5,7H,6,8,13H2,(H,15,16). The van der Waals surface area contributed by atoms with Crippen LogP contribution in [0.3, 0.4) is 0 Å². The second-order valence-electron chi connectivity index (χ2n) is 3.44. The molecular formula is C12H13N3O2. The molecule has 1 heterocycles. The lowest BCUT2D eigenvalue weighted by atomic mass is 10.2. The predicted molar refractivity (Wildman–Crippen MR) is 64.8 cm³/mol. The Balaban J connectivity index is 2.21. The molecule has 3 N–H and O–H groups in total. The normalized spacial score (nSPS) is 10.2. The smallest absolute Gasteiger partial charge is 0.408 e. The number of nitrogens with zero attached hydrogens (tertiary/aromatic N) is 1. The number of fused-ring (bicyclic) bond motifs is 1. The third kappa shape index (κ3) is 2.70. The number of para-hydroxylation sites is 1.